The predicted molar refractivity (Wildman–Crippen MR) is 96.0 cm³/mol. The van der Waals surface area contributed by atoms with Crippen LogP contribution in [-0.2, 0) is 15.5 Å². The lowest BCUT2D eigenvalue weighted by atomic mass is 9.77. The van der Waals surface area contributed by atoms with Crippen LogP contribution < -0.4 is 10.1 Å². The van der Waals surface area contributed by atoms with E-state index >= 15 is 0 Å². The molecule has 0 atom stereocenters. The summed E-state index contributed by atoms with van der Waals surface area (Å²) in [5.74, 6) is 0.143. The Hall–Kier alpha value is -1.51. The van der Waals surface area contributed by atoms with Crippen LogP contribution in [-0.4, -0.2) is 39.0 Å². The van der Waals surface area contributed by atoms with Gasteiger partial charge in [0.05, 0.1) is 23.9 Å². The van der Waals surface area contributed by atoms with Gasteiger partial charge in [-0.1, -0.05) is 12.1 Å². The number of ether oxygens (including phenoxy) is 1. The molecule has 0 unspecified atom stereocenters. The van der Waals surface area contributed by atoms with Crippen LogP contribution in [0.1, 0.15) is 38.8 Å². The fraction of sp³-hybridized carbons (Fsp3) is 0.556. The van der Waals surface area contributed by atoms with E-state index in [1.165, 1.54) is 13.2 Å². The van der Waals surface area contributed by atoms with Crippen LogP contribution in [0.4, 0.5) is 13.2 Å². The van der Waals surface area contributed by atoms with E-state index in [1.54, 1.807) is 13.1 Å². The largest absolute Gasteiger partial charge is 0.496 e. The van der Waals surface area contributed by atoms with Crippen molar-refractivity contribution in [3.05, 3.63) is 34.8 Å². The molecule has 0 amide bonds. The first-order valence-electron chi connectivity index (χ1n) is 8.37. The molecule has 0 bridgehead atoms. The third kappa shape index (κ3) is 4.24. The molecule has 1 saturated heterocycles. The molecule has 1 aliphatic rings. The number of rotatable bonds is 5. The fourth-order valence-corrected chi connectivity index (χ4v) is 2.61. The third-order valence-corrected chi connectivity index (χ3v) is 4.84. The minimum absolute atomic E-state index is 0.143. The quantitative estimate of drug-likeness (QED) is 0.796. The summed E-state index contributed by atoms with van der Waals surface area (Å²) < 4.78 is 56.0. The van der Waals surface area contributed by atoms with E-state index in [4.69, 9.17) is 14.0 Å². The van der Waals surface area contributed by atoms with E-state index in [9.17, 15) is 13.2 Å². The number of halogens is 3. The highest BCUT2D eigenvalue weighted by Crippen LogP contribution is 2.39. The first-order valence-corrected chi connectivity index (χ1v) is 8.37. The summed E-state index contributed by atoms with van der Waals surface area (Å²) in [4.78, 5) is 0. The molecule has 1 aliphatic heterocycles. The monoisotopic (exact) mass is 371 g/mol. The van der Waals surface area contributed by atoms with Crippen LogP contribution in [0, 0.1) is 0 Å². The lowest BCUT2D eigenvalue weighted by Gasteiger charge is -2.32. The molecule has 1 fully saturated rings. The van der Waals surface area contributed by atoms with E-state index in [2.05, 4.69) is 5.32 Å². The van der Waals surface area contributed by atoms with Crippen LogP contribution in [0.3, 0.4) is 0 Å². The molecule has 1 aromatic carbocycles. The van der Waals surface area contributed by atoms with Crippen LogP contribution >= 0.6 is 0 Å². The predicted octanol–water partition coefficient (Wildman–Crippen LogP) is 3.95. The van der Waals surface area contributed by atoms with E-state index in [-0.39, 0.29) is 5.75 Å². The molecule has 2 rings (SSSR count). The van der Waals surface area contributed by atoms with Gasteiger partial charge in [0.2, 0.25) is 0 Å². The molecule has 1 N–H and O–H groups in total. The zero-order valence-corrected chi connectivity index (χ0v) is 16.0. The first kappa shape index (κ1) is 20.8. The van der Waals surface area contributed by atoms with Crippen molar-refractivity contribution in [2.24, 2.45) is 0 Å². The van der Waals surface area contributed by atoms with Crippen molar-refractivity contribution in [3.63, 3.8) is 0 Å². The Labute approximate surface area is 152 Å². The molecule has 0 aromatic heterocycles. The van der Waals surface area contributed by atoms with Gasteiger partial charge >= 0.3 is 13.3 Å². The maximum absolute atomic E-state index is 12.9. The molecule has 1 heterocycles. The van der Waals surface area contributed by atoms with Gasteiger partial charge in [0.1, 0.15) is 5.75 Å². The molecule has 0 saturated carbocycles. The standard InChI is InChI=1S/C18H25BF3NO3/c1-16(2)17(3,4)26-19(25-16)14(11-23-5)9-12-7-8-13(18(20,21)22)10-15(12)24-6/h7-10,23H,11H2,1-6H3. The van der Waals surface area contributed by atoms with E-state index in [0.29, 0.717) is 12.1 Å². The molecule has 0 spiro atoms. The summed E-state index contributed by atoms with van der Waals surface area (Å²) in [6.45, 7) is 8.25. The zero-order valence-electron chi connectivity index (χ0n) is 16.0. The second-order valence-corrected chi connectivity index (χ2v) is 7.29. The smallest absolute Gasteiger partial charge is 0.491 e. The normalized spacial score (nSPS) is 19.7. The van der Waals surface area contributed by atoms with E-state index < -0.39 is 30.1 Å². The zero-order chi connectivity index (χ0) is 19.8. The first-order chi connectivity index (χ1) is 11.9. The molecule has 0 radical (unpaired) electrons. The Morgan fingerprint density at radius 1 is 1.19 bits per heavy atom. The van der Waals surface area contributed by atoms with Crippen molar-refractivity contribution in [1.82, 2.24) is 5.32 Å². The Balaban J connectivity index is 2.41. The van der Waals surface area contributed by atoms with Crippen LogP contribution in [0.2, 0.25) is 0 Å². The summed E-state index contributed by atoms with van der Waals surface area (Å²) >= 11 is 0. The van der Waals surface area contributed by atoms with Crippen molar-refractivity contribution in [1.29, 1.82) is 0 Å². The Morgan fingerprint density at radius 2 is 1.77 bits per heavy atom. The Morgan fingerprint density at radius 3 is 2.23 bits per heavy atom. The molecule has 26 heavy (non-hydrogen) atoms. The average molecular weight is 371 g/mol. The van der Waals surface area contributed by atoms with Gasteiger partial charge in [-0.2, -0.15) is 13.2 Å². The maximum Gasteiger partial charge on any atom is 0.491 e. The molecule has 0 aliphatic carbocycles. The minimum Gasteiger partial charge on any atom is -0.496 e. The van der Waals surface area contributed by atoms with Crippen LogP contribution in [0.5, 0.6) is 5.75 Å². The van der Waals surface area contributed by atoms with Gasteiger partial charge in [-0.3, -0.25) is 0 Å². The fourth-order valence-electron chi connectivity index (χ4n) is 2.61. The highest BCUT2D eigenvalue weighted by molar-refractivity contribution is 6.56. The second kappa shape index (κ2) is 7.25. The van der Waals surface area contributed by atoms with Gasteiger partial charge in [-0.15, -0.1) is 0 Å². The minimum atomic E-state index is -4.42. The molecule has 4 nitrogen and oxygen atoms in total. The third-order valence-electron chi connectivity index (χ3n) is 4.84. The van der Waals surface area contributed by atoms with Crippen molar-refractivity contribution >= 4 is 13.2 Å². The number of alkyl halides is 3. The topological polar surface area (TPSA) is 39.7 Å². The molecular weight excluding hydrogens is 346 g/mol. The second-order valence-electron chi connectivity index (χ2n) is 7.29. The van der Waals surface area contributed by atoms with Gasteiger partial charge < -0.3 is 19.4 Å². The van der Waals surface area contributed by atoms with Gasteiger partial charge in [-0.25, -0.2) is 0 Å². The van der Waals surface area contributed by atoms with Crippen LogP contribution in [0.15, 0.2) is 23.7 Å². The molecule has 8 heteroatoms. The Bertz CT molecular complexity index is 671. The maximum atomic E-state index is 12.9. The number of likely N-dealkylation sites (N-methyl/N-ethyl adjacent to an activating group) is 1. The van der Waals surface area contributed by atoms with Gasteiger partial charge in [-0.05, 0) is 52.3 Å². The van der Waals surface area contributed by atoms with Crippen molar-refractivity contribution in [3.8, 4) is 5.75 Å². The Kier molecular flexibility index (Phi) is 5.80. The van der Waals surface area contributed by atoms with Gasteiger partial charge in [0, 0.05) is 12.1 Å². The summed E-state index contributed by atoms with van der Waals surface area (Å²) in [5.41, 5.74) is -0.467. The lowest BCUT2D eigenvalue weighted by Crippen LogP contribution is -2.41. The van der Waals surface area contributed by atoms with Gasteiger partial charge in [0.15, 0.2) is 0 Å². The lowest BCUT2D eigenvalue weighted by molar-refractivity contribution is -0.137. The van der Waals surface area contributed by atoms with Crippen LogP contribution in [0.25, 0.3) is 6.08 Å². The van der Waals surface area contributed by atoms with E-state index in [1.807, 2.05) is 27.7 Å². The van der Waals surface area contributed by atoms with E-state index in [0.717, 1.165) is 17.6 Å². The van der Waals surface area contributed by atoms with Crippen molar-refractivity contribution < 1.29 is 27.2 Å². The number of benzene rings is 1. The molecular formula is C18H25BF3NO3. The summed E-state index contributed by atoms with van der Waals surface area (Å²) in [6, 6.07) is 3.42. The number of nitrogens with one attached hydrogen (secondary N) is 1. The van der Waals surface area contributed by atoms with Gasteiger partial charge in [0.25, 0.3) is 0 Å². The van der Waals surface area contributed by atoms with Crippen molar-refractivity contribution in [2.45, 2.75) is 45.1 Å². The SMILES string of the molecule is CNCC(=Cc1ccc(C(F)(F)F)cc1OC)B1OC(C)(C)C(C)(C)O1. The highest BCUT2D eigenvalue weighted by atomic mass is 19.4. The number of methoxy groups -OCH3 is 1. The molecule has 144 valence electrons. The molecule has 1 aromatic rings. The summed E-state index contributed by atoms with van der Waals surface area (Å²) in [7, 11) is 2.53. The summed E-state index contributed by atoms with van der Waals surface area (Å²) in [6.07, 6.45) is -2.67. The average Bonchev–Trinajstić information content (AvgIpc) is 2.74. The summed E-state index contributed by atoms with van der Waals surface area (Å²) in [5, 5.41) is 3.04. The highest BCUT2D eigenvalue weighted by Gasteiger charge is 2.52. The van der Waals surface area contributed by atoms with Crippen molar-refractivity contribution in [2.75, 3.05) is 20.7 Å². The number of hydrogen-bond donors (Lipinski definition) is 1. The number of hydrogen-bond acceptors (Lipinski definition) is 4.